The molecule has 1 aliphatic heterocycles. The van der Waals surface area contributed by atoms with Gasteiger partial charge in [0.1, 0.15) is 6.04 Å². The van der Waals surface area contributed by atoms with E-state index in [0.717, 1.165) is 16.9 Å². The molecule has 0 spiro atoms. The van der Waals surface area contributed by atoms with Gasteiger partial charge in [-0.15, -0.1) is 0 Å². The highest BCUT2D eigenvalue weighted by atomic mass is 19.4. The van der Waals surface area contributed by atoms with Crippen LogP contribution in [0.5, 0.6) is 11.5 Å². The molecule has 1 heterocycles. The van der Waals surface area contributed by atoms with Crippen LogP contribution in [0.3, 0.4) is 0 Å². The van der Waals surface area contributed by atoms with E-state index < -0.39 is 72.2 Å². The summed E-state index contributed by atoms with van der Waals surface area (Å²) >= 11 is 0. The molecule has 2 amide bonds. The average Bonchev–Trinajstić information content (AvgIpc) is 3.00. The Balaban J connectivity index is 2.28. The highest BCUT2D eigenvalue weighted by Crippen LogP contribution is 2.47. The minimum atomic E-state index is -5.14. The molecule has 254 valence electrons. The van der Waals surface area contributed by atoms with Crippen molar-refractivity contribution in [3.63, 3.8) is 0 Å². The van der Waals surface area contributed by atoms with Gasteiger partial charge in [-0.2, -0.15) is 26.3 Å². The Morgan fingerprint density at radius 1 is 0.870 bits per heavy atom. The summed E-state index contributed by atoms with van der Waals surface area (Å²) in [6.07, 6.45) is -11.6. The third-order valence-corrected chi connectivity index (χ3v) is 7.17. The van der Waals surface area contributed by atoms with E-state index in [0.29, 0.717) is 25.0 Å². The number of hydrogen-bond donors (Lipinski definition) is 0. The summed E-state index contributed by atoms with van der Waals surface area (Å²) in [4.78, 5) is 41.9. The normalized spacial score (nSPS) is 16.3. The fraction of sp³-hybridized carbons (Fsp3) is 0.500. The number of fused-ring (bicyclic) bond motifs is 1. The number of alkyl halides is 6. The molecule has 0 radical (unpaired) electrons. The number of halogens is 6. The molecule has 0 N–H and O–H groups in total. The number of nitrogens with zero attached hydrogens (tertiary/aromatic N) is 2. The standard InChI is InChI=1S/C30H34F6N2O8/c1-6-8-9-46-26(39)23-14-21(20-13-24(42-3)25(43-4)15-22(20)38(23)28(41)45-7-2)37(27(40)44-5)16-17-10-18(29(31,32)33)12-19(11-17)30(34,35)36/h10-13,15,21,23H,6-9,14,16H2,1-5H3. The first-order valence-corrected chi connectivity index (χ1v) is 14.1. The average molecular weight is 665 g/mol. The van der Waals surface area contributed by atoms with Crippen LogP contribution in [0.15, 0.2) is 30.3 Å². The Morgan fingerprint density at radius 3 is 1.96 bits per heavy atom. The van der Waals surface area contributed by atoms with Crippen LogP contribution in [0.4, 0.5) is 41.6 Å². The number of anilines is 1. The van der Waals surface area contributed by atoms with E-state index in [1.54, 1.807) is 0 Å². The van der Waals surface area contributed by atoms with E-state index in [1.807, 2.05) is 6.92 Å². The molecule has 2 unspecified atom stereocenters. The molecule has 3 rings (SSSR count). The molecule has 46 heavy (non-hydrogen) atoms. The molecule has 10 nitrogen and oxygen atoms in total. The lowest BCUT2D eigenvalue weighted by Gasteiger charge is -2.42. The van der Waals surface area contributed by atoms with Crippen molar-refractivity contribution in [3.8, 4) is 11.5 Å². The van der Waals surface area contributed by atoms with Gasteiger partial charge in [0.2, 0.25) is 0 Å². The molecule has 16 heteroatoms. The Labute approximate surface area is 261 Å². The van der Waals surface area contributed by atoms with Crippen LogP contribution in [0.1, 0.15) is 61.4 Å². The lowest BCUT2D eigenvalue weighted by molar-refractivity contribution is -0.146. The quantitative estimate of drug-likeness (QED) is 0.114. The van der Waals surface area contributed by atoms with E-state index in [-0.39, 0.29) is 42.0 Å². The number of benzene rings is 2. The SMILES string of the molecule is CCCCOC(=O)C1CC(N(Cc2cc(C(F)(F)F)cc(C(F)(F)F)c2)C(=O)OC)c2cc(OC)c(OC)cc2N1C(=O)OCC. The number of carbonyl (C=O) groups excluding carboxylic acids is 3. The number of carbonyl (C=O) groups is 3. The third-order valence-electron chi connectivity index (χ3n) is 7.17. The van der Waals surface area contributed by atoms with Crippen molar-refractivity contribution in [2.45, 2.75) is 64.1 Å². The van der Waals surface area contributed by atoms with Gasteiger partial charge >= 0.3 is 30.5 Å². The van der Waals surface area contributed by atoms with Gasteiger partial charge in [0.15, 0.2) is 11.5 Å². The van der Waals surface area contributed by atoms with Crippen molar-refractivity contribution in [2.75, 3.05) is 39.4 Å². The summed E-state index contributed by atoms with van der Waals surface area (Å²) in [5, 5.41) is 0. The van der Waals surface area contributed by atoms with Gasteiger partial charge in [-0.05, 0) is 43.2 Å². The second kappa shape index (κ2) is 14.8. The Kier molecular flexibility index (Phi) is 11.6. The van der Waals surface area contributed by atoms with Crippen LogP contribution < -0.4 is 14.4 Å². The van der Waals surface area contributed by atoms with Crippen LogP contribution >= 0.6 is 0 Å². The van der Waals surface area contributed by atoms with Crippen LogP contribution in [0, 0.1) is 0 Å². The second-order valence-corrected chi connectivity index (χ2v) is 10.1. The molecule has 0 aromatic heterocycles. The van der Waals surface area contributed by atoms with Gasteiger partial charge in [0.05, 0.1) is 57.4 Å². The number of rotatable bonds is 10. The predicted octanol–water partition coefficient (Wildman–Crippen LogP) is 7.13. The first kappa shape index (κ1) is 36.1. The van der Waals surface area contributed by atoms with E-state index in [4.69, 9.17) is 23.7 Å². The number of unbranched alkanes of at least 4 members (excludes halogenated alkanes) is 1. The maximum Gasteiger partial charge on any atom is 0.416 e. The molecular formula is C30H34F6N2O8. The van der Waals surface area contributed by atoms with E-state index in [9.17, 15) is 40.7 Å². The van der Waals surface area contributed by atoms with Crippen LogP contribution in [-0.2, 0) is 37.9 Å². The predicted molar refractivity (Wildman–Crippen MR) is 150 cm³/mol. The van der Waals surface area contributed by atoms with Crippen molar-refractivity contribution >= 4 is 23.8 Å². The van der Waals surface area contributed by atoms with Gasteiger partial charge in [0, 0.05) is 24.6 Å². The van der Waals surface area contributed by atoms with Gasteiger partial charge in [-0.3, -0.25) is 9.80 Å². The lowest BCUT2D eigenvalue weighted by atomic mass is 9.89. The molecule has 1 aliphatic rings. The Hall–Kier alpha value is -4.37. The molecule has 0 fully saturated rings. The fourth-order valence-corrected chi connectivity index (χ4v) is 5.03. The maximum absolute atomic E-state index is 13.7. The topological polar surface area (TPSA) is 104 Å². The molecule has 0 aliphatic carbocycles. The van der Waals surface area contributed by atoms with Gasteiger partial charge in [-0.25, -0.2) is 14.4 Å². The van der Waals surface area contributed by atoms with Crippen LogP contribution in [-0.4, -0.2) is 63.6 Å². The second-order valence-electron chi connectivity index (χ2n) is 10.1. The largest absolute Gasteiger partial charge is 0.493 e. The summed E-state index contributed by atoms with van der Waals surface area (Å²) in [6, 6.07) is 0.971. The summed E-state index contributed by atoms with van der Waals surface area (Å²) < 4.78 is 108. The zero-order chi connectivity index (χ0) is 34.4. The molecule has 2 aromatic rings. The van der Waals surface area contributed by atoms with E-state index in [1.165, 1.54) is 33.3 Å². The van der Waals surface area contributed by atoms with Crippen molar-refractivity contribution in [1.82, 2.24) is 4.90 Å². The summed E-state index contributed by atoms with van der Waals surface area (Å²) in [6.45, 7) is 2.51. The zero-order valence-corrected chi connectivity index (χ0v) is 25.7. The van der Waals surface area contributed by atoms with Gasteiger partial charge in [0.25, 0.3) is 0 Å². The molecule has 2 aromatic carbocycles. The highest BCUT2D eigenvalue weighted by molar-refractivity contribution is 5.98. The van der Waals surface area contributed by atoms with E-state index >= 15 is 0 Å². The van der Waals surface area contributed by atoms with Gasteiger partial charge in [-0.1, -0.05) is 13.3 Å². The first-order chi connectivity index (χ1) is 21.6. The number of ether oxygens (including phenoxy) is 5. The number of hydrogen-bond acceptors (Lipinski definition) is 8. The third kappa shape index (κ3) is 8.07. The summed E-state index contributed by atoms with van der Waals surface area (Å²) in [5.74, 6) is -0.663. The number of methoxy groups -OCH3 is 3. The molecule has 0 saturated carbocycles. The maximum atomic E-state index is 13.7. The van der Waals surface area contributed by atoms with E-state index in [2.05, 4.69) is 0 Å². The monoisotopic (exact) mass is 664 g/mol. The Bertz CT molecular complexity index is 1380. The Morgan fingerprint density at radius 2 is 1.46 bits per heavy atom. The molecule has 0 saturated heterocycles. The lowest BCUT2D eigenvalue weighted by Crippen LogP contribution is -2.52. The van der Waals surface area contributed by atoms with Gasteiger partial charge < -0.3 is 23.7 Å². The summed E-state index contributed by atoms with van der Waals surface area (Å²) in [7, 11) is 3.59. The number of amides is 2. The highest BCUT2D eigenvalue weighted by Gasteiger charge is 2.46. The molecule has 2 atom stereocenters. The number of esters is 1. The van der Waals surface area contributed by atoms with Crippen LogP contribution in [0.25, 0.3) is 0 Å². The minimum Gasteiger partial charge on any atom is -0.493 e. The minimum absolute atomic E-state index is 0.00119. The fourth-order valence-electron chi connectivity index (χ4n) is 5.03. The molecule has 0 bridgehead atoms. The zero-order valence-electron chi connectivity index (χ0n) is 25.7. The molecular weight excluding hydrogens is 630 g/mol. The van der Waals surface area contributed by atoms with Crippen molar-refractivity contribution in [3.05, 3.63) is 52.6 Å². The summed E-state index contributed by atoms with van der Waals surface area (Å²) in [5.41, 5.74) is -3.55. The van der Waals surface area contributed by atoms with Crippen molar-refractivity contribution in [1.29, 1.82) is 0 Å². The smallest absolute Gasteiger partial charge is 0.416 e. The first-order valence-electron chi connectivity index (χ1n) is 14.1. The van der Waals surface area contributed by atoms with Crippen molar-refractivity contribution in [2.24, 2.45) is 0 Å². The van der Waals surface area contributed by atoms with Crippen molar-refractivity contribution < 1.29 is 64.4 Å². The van der Waals surface area contributed by atoms with Crippen LogP contribution in [0.2, 0.25) is 0 Å².